The minimum absolute atomic E-state index is 0.282. The highest BCUT2D eigenvalue weighted by Gasteiger charge is 2.09. The van der Waals surface area contributed by atoms with Crippen LogP contribution in [0.5, 0.6) is 0 Å². The third-order valence-electron chi connectivity index (χ3n) is 2.91. The standard InChI is InChI=1S/C14H12FN3/c1-8-2-4-11(16)10(6-8)14-17-12-5-3-9(15)7-13(12)18-14/h2-7H,16H2,1H3,(H,17,18). The fraction of sp³-hybridized carbons (Fsp3) is 0.0714. The number of anilines is 1. The fourth-order valence-corrected chi connectivity index (χ4v) is 1.98. The Bertz CT molecular complexity index is 731. The van der Waals surface area contributed by atoms with E-state index in [4.69, 9.17) is 5.73 Å². The molecule has 0 aliphatic rings. The first-order valence-corrected chi connectivity index (χ1v) is 5.65. The molecule has 3 nitrogen and oxygen atoms in total. The number of aromatic amines is 1. The topological polar surface area (TPSA) is 54.7 Å². The Morgan fingerprint density at radius 2 is 2.00 bits per heavy atom. The molecule has 0 aliphatic carbocycles. The summed E-state index contributed by atoms with van der Waals surface area (Å²) in [5, 5.41) is 0. The first-order valence-electron chi connectivity index (χ1n) is 5.65. The molecule has 0 aliphatic heterocycles. The first kappa shape index (κ1) is 10.8. The average molecular weight is 241 g/mol. The van der Waals surface area contributed by atoms with Crippen LogP contribution in [0.15, 0.2) is 36.4 Å². The van der Waals surface area contributed by atoms with Crippen LogP contribution in [0.4, 0.5) is 10.1 Å². The predicted molar refractivity (Wildman–Crippen MR) is 70.6 cm³/mol. The lowest BCUT2D eigenvalue weighted by Crippen LogP contribution is -1.91. The second kappa shape index (κ2) is 3.84. The number of rotatable bonds is 1. The van der Waals surface area contributed by atoms with Crippen LogP contribution in [-0.4, -0.2) is 9.97 Å². The van der Waals surface area contributed by atoms with Crippen LogP contribution in [0.2, 0.25) is 0 Å². The highest BCUT2D eigenvalue weighted by atomic mass is 19.1. The number of aromatic nitrogens is 2. The van der Waals surface area contributed by atoms with Crippen molar-refractivity contribution in [2.24, 2.45) is 0 Å². The van der Waals surface area contributed by atoms with Gasteiger partial charge in [0.1, 0.15) is 11.6 Å². The number of fused-ring (bicyclic) bond motifs is 1. The van der Waals surface area contributed by atoms with Crippen LogP contribution in [0.3, 0.4) is 0 Å². The Morgan fingerprint density at radius 3 is 2.83 bits per heavy atom. The second-order valence-electron chi connectivity index (χ2n) is 4.34. The van der Waals surface area contributed by atoms with Gasteiger partial charge in [-0.1, -0.05) is 11.6 Å². The molecule has 3 N–H and O–H groups in total. The number of nitrogens with one attached hydrogen (secondary N) is 1. The van der Waals surface area contributed by atoms with Gasteiger partial charge in [-0.15, -0.1) is 0 Å². The van der Waals surface area contributed by atoms with Crippen LogP contribution in [0.25, 0.3) is 22.4 Å². The van der Waals surface area contributed by atoms with Gasteiger partial charge in [0.2, 0.25) is 0 Å². The highest BCUT2D eigenvalue weighted by molar-refractivity contribution is 5.82. The number of aryl methyl sites for hydroxylation is 1. The molecule has 0 unspecified atom stereocenters. The van der Waals surface area contributed by atoms with Crippen molar-refractivity contribution in [3.05, 3.63) is 47.8 Å². The van der Waals surface area contributed by atoms with Gasteiger partial charge < -0.3 is 10.7 Å². The van der Waals surface area contributed by atoms with Crippen molar-refractivity contribution in [3.63, 3.8) is 0 Å². The molecule has 18 heavy (non-hydrogen) atoms. The van der Waals surface area contributed by atoms with Crippen LogP contribution in [0.1, 0.15) is 5.56 Å². The van der Waals surface area contributed by atoms with Crippen molar-refractivity contribution in [1.29, 1.82) is 0 Å². The lowest BCUT2D eigenvalue weighted by Gasteiger charge is -2.03. The van der Waals surface area contributed by atoms with Crippen molar-refractivity contribution < 1.29 is 4.39 Å². The van der Waals surface area contributed by atoms with E-state index in [-0.39, 0.29) is 5.82 Å². The molecule has 0 atom stereocenters. The summed E-state index contributed by atoms with van der Waals surface area (Å²) in [5.74, 6) is 0.381. The summed E-state index contributed by atoms with van der Waals surface area (Å²) in [5.41, 5.74) is 9.94. The number of nitrogens with zero attached hydrogens (tertiary/aromatic N) is 1. The lowest BCUT2D eigenvalue weighted by molar-refractivity contribution is 0.629. The van der Waals surface area contributed by atoms with Gasteiger partial charge in [-0.3, -0.25) is 0 Å². The van der Waals surface area contributed by atoms with Gasteiger partial charge >= 0.3 is 0 Å². The van der Waals surface area contributed by atoms with Crippen molar-refractivity contribution in [1.82, 2.24) is 9.97 Å². The third kappa shape index (κ3) is 1.72. The highest BCUT2D eigenvalue weighted by Crippen LogP contribution is 2.26. The van der Waals surface area contributed by atoms with E-state index < -0.39 is 0 Å². The largest absolute Gasteiger partial charge is 0.398 e. The minimum Gasteiger partial charge on any atom is -0.398 e. The van der Waals surface area contributed by atoms with E-state index in [1.165, 1.54) is 12.1 Å². The van der Waals surface area contributed by atoms with Crippen LogP contribution in [-0.2, 0) is 0 Å². The van der Waals surface area contributed by atoms with E-state index in [1.54, 1.807) is 6.07 Å². The number of hydrogen-bond acceptors (Lipinski definition) is 2. The molecule has 0 radical (unpaired) electrons. The number of hydrogen-bond donors (Lipinski definition) is 2. The summed E-state index contributed by atoms with van der Waals surface area (Å²) in [6, 6.07) is 10.2. The first-order chi connectivity index (χ1) is 8.63. The Morgan fingerprint density at radius 1 is 1.17 bits per heavy atom. The molecule has 0 saturated carbocycles. The van der Waals surface area contributed by atoms with E-state index in [9.17, 15) is 4.39 Å². The van der Waals surface area contributed by atoms with E-state index in [1.807, 2.05) is 25.1 Å². The van der Waals surface area contributed by atoms with Crippen LogP contribution in [0, 0.1) is 12.7 Å². The van der Waals surface area contributed by atoms with E-state index >= 15 is 0 Å². The molecule has 0 amide bonds. The van der Waals surface area contributed by atoms with Crippen LogP contribution >= 0.6 is 0 Å². The van der Waals surface area contributed by atoms with E-state index in [0.29, 0.717) is 17.0 Å². The molecule has 4 heteroatoms. The van der Waals surface area contributed by atoms with Gasteiger partial charge in [0.05, 0.1) is 11.0 Å². The molecule has 90 valence electrons. The van der Waals surface area contributed by atoms with Crippen molar-refractivity contribution in [2.75, 3.05) is 5.73 Å². The van der Waals surface area contributed by atoms with Crippen molar-refractivity contribution in [3.8, 4) is 11.4 Å². The smallest absolute Gasteiger partial charge is 0.140 e. The monoisotopic (exact) mass is 241 g/mol. The van der Waals surface area contributed by atoms with Crippen molar-refractivity contribution in [2.45, 2.75) is 6.92 Å². The van der Waals surface area contributed by atoms with Gasteiger partial charge in [-0.05, 0) is 37.3 Å². The average Bonchev–Trinajstić information content (AvgIpc) is 2.74. The summed E-state index contributed by atoms with van der Waals surface area (Å²) in [4.78, 5) is 7.51. The molecule has 0 fully saturated rings. The summed E-state index contributed by atoms with van der Waals surface area (Å²) >= 11 is 0. The maximum atomic E-state index is 13.1. The molecule has 1 aromatic heterocycles. The van der Waals surface area contributed by atoms with E-state index in [2.05, 4.69) is 9.97 Å². The Balaban J connectivity index is 2.22. The number of nitrogens with two attached hydrogens (primary N) is 1. The van der Waals surface area contributed by atoms with Gasteiger partial charge in [0.15, 0.2) is 0 Å². The lowest BCUT2D eigenvalue weighted by atomic mass is 10.1. The summed E-state index contributed by atoms with van der Waals surface area (Å²) in [6.45, 7) is 1.99. The van der Waals surface area contributed by atoms with Crippen molar-refractivity contribution >= 4 is 16.7 Å². The zero-order valence-electron chi connectivity index (χ0n) is 9.87. The van der Waals surface area contributed by atoms with E-state index in [0.717, 1.165) is 16.6 Å². The minimum atomic E-state index is -0.282. The molecule has 3 rings (SSSR count). The summed E-state index contributed by atoms with van der Waals surface area (Å²) in [6.07, 6.45) is 0. The zero-order valence-corrected chi connectivity index (χ0v) is 9.87. The summed E-state index contributed by atoms with van der Waals surface area (Å²) < 4.78 is 13.1. The van der Waals surface area contributed by atoms with Gasteiger partial charge in [-0.2, -0.15) is 0 Å². The number of halogens is 1. The third-order valence-corrected chi connectivity index (χ3v) is 2.91. The number of nitrogen functional groups attached to an aromatic ring is 1. The Labute approximate surface area is 103 Å². The molecule has 1 heterocycles. The molecule has 0 saturated heterocycles. The molecular weight excluding hydrogens is 229 g/mol. The molecule has 0 spiro atoms. The number of imidazole rings is 1. The molecule has 3 aromatic rings. The second-order valence-corrected chi connectivity index (χ2v) is 4.34. The Hall–Kier alpha value is -2.36. The normalized spacial score (nSPS) is 11.0. The number of H-pyrrole nitrogens is 1. The fourth-order valence-electron chi connectivity index (χ4n) is 1.98. The van der Waals surface area contributed by atoms with Gasteiger partial charge in [0, 0.05) is 11.3 Å². The molecule has 2 aromatic carbocycles. The quantitative estimate of drug-likeness (QED) is 0.642. The predicted octanol–water partition coefficient (Wildman–Crippen LogP) is 3.26. The maximum Gasteiger partial charge on any atom is 0.140 e. The molecule has 0 bridgehead atoms. The zero-order chi connectivity index (χ0) is 12.7. The van der Waals surface area contributed by atoms with Gasteiger partial charge in [0.25, 0.3) is 0 Å². The molecular formula is C14H12FN3. The SMILES string of the molecule is Cc1ccc(N)c(-c2nc3ccc(F)cc3[nH]2)c1. The van der Waals surface area contributed by atoms with Gasteiger partial charge in [-0.25, -0.2) is 9.37 Å². The maximum absolute atomic E-state index is 13.1. The Kier molecular flexibility index (Phi) is 2.30. The number of benzene rings is 2. The van der Waals surface area contributed by atoms with Crippen LogP contribution < -0.4 is 5.73 Å². The summed E-state index contributed by atoms with van der Waals surface area (Å²) in [7, 11) is 0.